The summed E-state index contributed by atoms with van der Waals surface area (Å²) >= 11 is 0.847. The van der Waals surface area contributed by atoms with E-state index in [0.29, 0.717) is 0 Å². The lowest BCUT2D eigenvalue weighted by molar-refractivity contribution is -0.140. The first-order chi connectivity index (χ1) is 8.86. The normalized spacial score (nSPS) is 13.3. The quantitative estimate of drug-likeness (QED) is 0.825. The average molecular weight is 297 g/mol. The molecule has 0 aromatic carbocycles. The monoisotopic (exact) mass is 297 g/mol. The van der Waals surface area contributed by atoms with E-state index in [1.54, 1.807) is 0 Å². The van der Waals surface area contributed by atoms with Crippen LogP contribution in [0.3, 0.4) is 0 Å². The molecule has 0 aliphatic carbocycles. The third-order valence-corrected chi connectivity index (χ3v) is 3.14. The van der Waals surface area contributed by atoms with Crippen molar-refractivity contribution in [2.75, 3.05) is 13.7 Å². The van der Waals surface area contributed by atoms with Gasteiger partial charge in [0.2, 0.25) is 5.91 Å². The molecule has 0 saturated heterocycles. The van der Waals surface area contributed by atoms with Crippen molar-refractivity contribution >= 4 is 17.2 Å². The number of alkyl halides is 3. The Balaban J connectivity index is 2.44. The maximum Gasteiger partial charge on any atom is 0.434 e. The third-order valence-electron chi connectivity index (χ3n) is 2.29. The van der Waals surface area contributed by atoms with Crippen molar-refractivity contribution in [1.29, 1.82) is 0 Å². The molecule has 0 fully saturated rings. The highest BCUT2D eigenvalue weighted by Crippen LogP contribution is 2.29. The van der Waals surface area contributed by atoms with E-state index in [2.05, 4.69) is 10.3 Å². The number of hydrogen-bond donors (Lipinski definition) is 2. The third kappa shape index (κ3) is 5.13. The molecule has 0 bridgehead atoms. The molecule has 1 amide bonds. The molecule has 3 N–H and O–H groups in total. The lowest BCUT2D eigenvalue weighted by Crippen LogP contribution is -2.31. The van der Waals surface area contributed by atoms with Crippen LogP contribution in [0.15, 0.2) is 5.38 Å². The zero-order valence-corrected chi connectivity index (χ0v) is 11.0. The van der Waals surface area contributed by atoms with Crippen molar-refractivity contribution in [2.45, 2.75) is 25.2 Å². The number of ether oxygens (including phenoxy) is 1. The van der Waals surface area contributed by atoms with Crippen LogP contribution < -0.4 is 11.1 Å². The highest BCUT2D eigenvalue weighted by molar-refractivity contribution is 7.09. The van der Waals surface area contributed by atoms with Gasteiger partial charge in [-0.05, 0) is 0 Å². The second kappa shape index (κ2) is 6.83. The summed E-state index contributed by atoms with van der Waals surface area (Å²) < 4.78 is 41.8. The van der Waals surface area contributed by atoms with Crippen LogP contribution in [0.4, 0.5) is 13.2 Å². The molecule has 9 heteroatoms. The first-order valence-corrected chi connectivity index (χ1v) is 6.26. The lowest BCUT2D eigenvalue weighted by atomic mass is 10.2. The Morgan fingerprint density at radius 2 is 2.32 bits per heavy atom. The van der Waals surface area contributed by atoms with Crippen molar-refractivity contribution in [3.63, 3.8) is 0 Å². The number of aromatic nitrogens is 1. The number of hydrogen-bond acceptors (Lipinski definition) is 5. The molecule has 5 nitrogen and oxygen atoms in total. The molecule has 1 heterocycles. The smallest absolute Gasteiger partial charge is 0.380 e. The van der Waals surface area contributed by atoms with Crippen molar-refractivity contribution < 1.29 is 22.7 Å². The zero-order chi connectivity index (χ0) is 14.5. The number of carbonyl (C=O) groups excluding carboxylic acids is 1. The van der Waals surface area contributed by atoms with Crippen molar-refractivity contribution in [3.05, 3.63) is 16.1 Å². The van der Waals surface area contributed by atoms with Gasteiger partial charge in [-0.2, -0.15) is 13.2 Å². The standard InChI is InChI=1S/C10H14F3N3O2S/c1-18-6(3-14)2-8(17)15-4-9-16-7(5-19-9)10(11,12)13/h5-6H,2-4,14H2,1H3,(H,15,17). The Kier molecular flexibility index (Phi) is 5.70. The van der Waals surface area contributed by atoms with E-state index in [1.807, 2.05) is 0 Å². The number of thiazole rings is 1. The Morgan fingerprint density at radius 1 is 1.63 bits per heavy atom. The van der Waals surface area contributed by atoms with Gasteiger partial charge in [0.05, 0.1) is 19.1 Å². The molecule has 1 atom stereocenters. The number of rotatable bonds is 6. The first-order valence-electron chi connectivity index (χ1n) is 5.38. The van der Waals surface area contributed by atoms with Gasteiger partial charge in [-0.3, -0.25) is 4.79 Å². The molecule has 1 rings (SSSR count). The Morgan fingerprint density at radius 3 is 2.79 bits per heavy atom. The summed E-state index contributed by atoms with van der Waals surface area (Å²) in [5, 5.41) is 3.58. The van der Waals surface area contributed by atoms with Crippen LogP contribution in [-0.2, 0) is 22.3 Å². The molecule has 1 aromatic rings. The van der Waals surface area contributed by atoms with Crippen LogP contribution >= 0.6 is 11.3 Å². The van der Waals surface area contributed by atoms with Crippen LogP contribution in [0.2, 0.25) is 0 Å². The van der Waals surface area contributed by atoms with Gasteiger partial charge in [0.1, 0.15) is 5.01 Å². The first kappa shape index (κ1) is 15.9. The largest absolute Gasteiger partial charge is 0.434 e. The summed E-state index contributed by atoms with van der Waals surface area (Å²) in [5.74, 6) is -0.346. The average Bonchev–Trinajstić information content (AvgIpc) is 2.82. The van der Waals surface area contributed by atoms with Crippen LogP contribution in [0.5, 0.6) is 0 Å². The SMILES string of the molecule is COC(CN)CC(=O)NCc1nc(C(F)(F)F)cs1. The molecule has 19 heavy (non-hydrogen) atoms. The fourth-order valence-corrected chi connectivity index (χ4v) is 1.98. The van der Waals surface area contributed by atoms with E-state index >= 15 is 0 Å². The Bertz CT molecular complexity index is 418. The number of nitrogens with two attached hydrogens (primary N) is 1. The van der Waals surface area contributed by atoms with E-state index in [4.69, 9.17) is 10.5 Å². The second-order valence-corrected chi connectivity index (χ2v) is 4.64. The summed E-state index contributed by atoms with van der Waals surface area (Å²) in [6, 6.07) is 0. The van der Waals surface area contributed by atoms with Crippen LogP contribution in [0.25, 0.3) is 0 Å². The van der Waals surface area contributed by atoms with Gasteiger partial charge in [0.15, 0.2) is 5.69 Å². The predicted octanol–water partition coefficient (Wildman–Crippen LogP) is 1.14. The molecule has 0 aliphatic heterocycles. The van der Waals surface area contributed by atoms with Gasteiger partial charge in [-0.1, -0.05) is 0 Å². The number of halogens is 3. The second-order valence-electron chi connectivity index (χ2n) is 3.70. The van der Waals surface area contributed by atoms with Crippen LogP contribution in [0, 0.1) is 0 Å². The van der Waals surface area contributed by atoms with Gasteiger partial charge in [0.25, 0.3) is 0 Å². The van der Waals surface area contributed by atoms with Crippen molar-refractivity contribution in [1.82, 2.24) is 10.3 Å². The zero-order valence-electron chi connectivity index (χ0n) is 10.2. The summed E-state index contributed by atoms with van der Waals surface area (Å²) in [6.07, 6.45) is -4.80. The summed E-state index contributed by atoms with van der Waals surface area (Å²) in [6.45, 7) is 0.153. The molecule has 1 aromatic heterocycles. The van der Waals surface area contributed by atoms with Crippen LogP contribution in [0.1, 0.15) is 17.1 Å². The highest BCUT2D eigenvalue weighted by Gasteiger charge is 2.33. The minimum Gasteiger partial charge on any atom is -0.380 e. The number of amides is 1. The van der Waals surface area contributed by atoms with Gasteiger partial charge < -0.3 is 15.8 Å². The molecular weight excluding hydrogens is 283 g/mol. The maximum absolute atomic E-state index is 12.3. The van der Waals surface area contributed by atoms with Crippen LogP contribution in [-0.4, -0.2) is 30.6 Å². The van der Waals surface area contributed by atoms with Gasteiger partial charge in [-0.15, -0.1) is 11.3 Å². The van der Waals surface area contributed by atoms with Gasteiger partial charge in [-0.25, -0.2) is 4.98 Å². The molecule has 0 saturated carbocycles. The highest BCUT2D eigenvalue weighted by atomic mass is 32.1. The summed E-state index contributed by atoms with van der Waals surface area (Å²) in [4.78, 5) is 14.9. The van der Waals surface area contributed by atoms with Gasteiger partial charge >= 0.3 is 6.18 Å². The number of nitrogens with zero attached hydrogens (tertiary/aromatic N) is 1. The Hall–Kier alpha value is -1.19. The summed E-state index contributed by atoms with van der Waals surface area (Å²) in [5.41, 5.74) is 4.40. The van der Waals surface area contributed by atoms with E-state index < -0.39 is 18.0 Å². The Labute approximate surface area is 112 Å². The van der Waals surface area contributed by atoms with E-state index in [1.165, 1.54) is 7.11 Å². The van der Waals surface area contributed by atoms with E-state index in [9.17, 15) is 18.0 Å². The van der Waals surface area contributed by atoms with E-state index in [-0.39, 0.29) is 30.4 Å². The number of carbonyl (C=O) groups is 1. The molecule has 0 aliphatic rings. The van der Waals surface area contributed by atoms with Gasteiger partial charge in [0, 0.05) is 19.0 Å². The molecule has 1 unspecified atom stereocenters. The fraction of sp³-hybridized carbons (Fsp3) is 0.600. The number of nitrogens with one attached hydrogen (secondary N) is 1. The summed E-state index contributed by atoms with van der Waals surface area (Å²) in [7, 11) is 1.43. The topological polar surface area (TPSA) is 77.2 Å². The fourth-order valence-electron chi connectivity index (χ4n) is 1.24. The molecule has 0 radical (unpaired) electrons. The maximum atomic E-state index is 12.3. The minimum absolute atomic E-state index is 0.0411. The predicted molar refractivity (Wildman–Crippen MR) is 63.4 cm³/mol. The number of methoxy groups -OCH3 is 1. The van der Waals surface area contributed by atoms with Crippen molar-refractivity contribution in [3.8, 4) is 0 Å². The van der Waals surface area contributed by atoms with E-state index in [0.717, 1.165) is 16.7 Å². The molecule has 108 valence electrons. The minimum atomic E-state index is -4.46. The lowest BCUT2D eigenvalue weighted by Gasteiger charge is -2.11. The molecular formula is C10H14F3N3O2S. The van der Waals surface area contributed by atoms with Crippen molar-refractivity contribution in [2.24, 2.45) is 5.73 Å². The molecule has 0 spiro atoms.